The van der Waals surface area contributed by atoms with Gasteiger partial charge >= 0.3 is 0 Å². The van der Waals surface area contributed by atoms with Gasteiger partial charge in [-0.1, -0.05) is 31.2 Å². The van der Waals surface area contributed by atoms with Gasteiger partial charge in [-0.3, -0.25) is 0 Å². The third-order valence-electron chi connectivity index (χ3n) is 4.58. The molecule has 24 heavy (non-hydrogen) atoms. The summed E-state index contributed by atoms with van der Waals surface area (Å²) in [5.74, 6) is 0. The van der Waals surface area contributed by atoms with E-state index in [0.29, 0.717) is 0 Å². The molecule has 0 N–H and O–H groups in total. The molecule has 0 aliphatic carbocycles. The predicted molar refractivity (Wildman–Crippen MR) is 112 cm³/mol. The van der Waals surface area contributed by atoms with Gasteiger partial charge in [-0.15, -0.1) is 34.0 Å². The van der Waals surface area contributed by atoms with E-state index in [4.69, 9.17) is 0 Å². The highest BCUT2D eigenvalue weighted by molar-refractivity contribution is 7.36. The van der Waals surface area contributed by atoms with Crippen LogP contribution in [0.1, 0.15) is 17.4 Å². The molecule has 0 saturated heterocycles. The van der Waals surface area contributed by atoms with Gasteiger partial charge in [0.05, 0.1) is 9.40 Å². The predicted octanol–water partition coefficient (Wildman–Crippen LogP) is 7.87. The van der Waals surface area contributed by atoms with Gasteiger partial charge in [0.25, 0.3) is 0 Å². The zero-order valence-electron chi connectivity index (χ0n) is 13.6. The minimum absolute atomic E-state index is 1.10. The van der Waals surface area contributed by atoms with Gasteiger partial charge in [0.1, 0.15) is 0 Å². The average Bonchev–Trinajstić information content (AvgIpc) is 3.27. The molecule has 0 nitrogen and oxygen atoms in total. The Morgan fingerprint density at radius 2 is 1.46 bits per heavy atom. The highest BCUT2D eigenvalue weighted by Crippen LogP contribution is 2.45. The van der Waals surface area contributed by atoms with Crippen LogP contribution in [0.5, 0.6) is 0 Å². The Morgan fingerprint density at radius 1 is 0.750 bits per heavy atom. The maximum Gasteiger partial charge on any atom is 0.0542 e. The van der Waals surface area contributed by atoms with Crippen LogP contribution in [0.3, 0.4) is 0 Å². The van der Waals surface area contributed by atoms with Crippen molar-refractivity contribution < 1.29 is 0 Å². The number of rotatable bonds is 2. The Kier molecular flexibility index (Phi) is 3.30. The fourth-order valence-electron chi connectivity index (χ4n) is 3.26. The number of thiophene rings is 3. The van der Waals surface area contributed by atoms with Crippen molar-refractivity contribution in [3.63, 3.8) is 0 Å². The van der Waals surface area contributed by atoms with Crippen LogP contribution >= 0.6 is 34.0 Å². The number of fused-ring (bicyclic) bond motifs is 5. The molecule has 3 aromatic heterocycles. The Morgan fingerprint density at radius 3 is 2.12 bits per heavy atom. The molecular weight excluding hydrogens is 348 g/mol. The van der Waals surface area contributed by atoms with Crippen LogP contribution in [0.2, 0.25) is 0 Å². The van der Waals surface area contributed by atoms with E-state index in [9.17, 15) is 0 Å². The Labute approximate surface area is 153 Å². The first-order chi connectivity index (χ1) is 11.7. The molecule has 3 heterocycles. The second-order valence-electron chi connectivity index (χ2n) is 6.17. The van der Waals surface area contributed by atoms with Gasteiger partial charge in [0, 0.05) is 29.9 Å². The summed E-state index contributed by atoms with van der Waals surface area (Å²) in [5, 5.41) is 2.83. The average molecular weight is 365 g/mol. The zero-order chi connectivity index (χ0) is 16.3. The van der Waals surface area contributed by atoms with Gasteiger partial charge in [0.15, 0.2) is 0 Å². The molecule has 0 amide bonds. The highest BCUT2D eigenvalue weighted by atomic mass is 32.1. The Balaban J connectivity index is 1.75. The molecule has 0 aliphatic heterocycles. The summed E-state index contributed by atoms with van der Waals surface area (Å²) in [5.41, 5.74) is 2.77. The molecule has 0 atom stereocenters. The van der Waals surface area contributed by atoms with E-state index >= 15 is 0 Å². The van der Waals surface area contributed by atoms with Crippen LogP contribution < -0.4 is 0 Å². The fourth-order valence-corrected chi connectivity index (χ4v) is 6.88. The first-order valence-corrected chi connectivity index (χ1v) is 10.6. The molecule has 0 spiro atoms. The van der Waals surface area contributed by atoms with E-state index in [0.717, 1.165) is 6.42 Å². The second-order valence-corrected chi connectivity index (χ2v) is 9.56. The van der Waals surface area contributed by atoms with Crippen molar-refractivity contribution in [3.05, 3.63) is 59.0 Å². The van der Waals surface area contributed by atoms with E-state index in [-0.39, 0.29) is 0 Å². The van der Waals surface area contributed by atoms with Gasteiger partial charge in [-0.05, 0) is 48.7 Å². The maximum atomic E-state index is 2.37. The van der Waals surface area contributed by atoms with Crippen LogP contribution in [-0.2, 0) is 6.42 Å². The lowest BCUT2D eigenvalue weighted by molar-refractivity contribution is 1.15. The first-order valence-electron chi connectivity index (χ1n) is 8.17. The SMILES string of the molecule is CCc1ccc2c(c1)sc1c3ccc(-c4ccc(C)s4)cc3sc21. The molecule has 0 aliphatic rings. The number of aryl methyl sites for hydroxylation is 2. The van der Waals surface area contributed by atoms with Crippen molar-refractivity contribution in [1.82, 2.24) is 0 Å². The highest BCUT2D eigenvalue weighted by Gasteiger charge is 2.13. The van der Waals surface area contributed by atoms with Crippen LogP contribution in [0, 0.1) is 6.92 Å². The summed E-state index contributed by atoms with van der Waals surface area (Å²) >= 11 is 5.76. The third kappa shape index (κ3) is 2.16. The molecule has 118 valence electrons. The van der Waals surface area contributed by atoms with Crippen molar-refractivity contribution >= 4 is 63.6 Å². The topological polar surface area (TPSA) is 0 Å². The second kappa shape index (κ2) is 5.41. The van der Waals surface area contributed by atoms with Crippen molar-refractivity contribution in [1.29, 1.82) is 0 Å². The number of hydrogen-bond acceptors (Lipinski definition) is 3. The lowest BCUT2D eigenvalue weighted by Gasteiger charge is -1.98. The van der Waals surface area contributed by atoms with Crippen LogP contribution in [0.15, 0.2) is 48.5 Å². The third-order valence-corrected chi connectivity index (χ3v) is 8.13. The van der Waals surface area contributed by atoms with E-state index in [2.05, 4.69) is 62.4 Å². The van der Waals surface area contributed by atoms with Gasteiger partial charge in [-0.2, -0.15) is 0 Å². The van der Waals surface area contributed by atoms with E-state index in [1.54, 1.807) is 0 Å². The monoisotopic (exact) mass is 364 g/mol. The van der Waals surface area contributed by atoms with Crippen molar-refractivity contribution in [2.75, 3.05) is 0 Å². The van der Waals surface area contributed by atoms with Crippen LogP contribution in [-0.4, -0.2) is 0 Å². The molecule has 0 saturated carbocycles. The molecule has 2 aromatic carbocycles. The van der Waals surface area contributed by atoms with E-state index in [1.807, 2.05) is 34.0 Å². The molecule has 0 unspecified atom stereocenters. The van der Waals surface area contributed by atoms with Crippen molar-refractivity contribution in [2.24, 2.45) is 0 Å². The standard InChI is InChI=1S/C21H16S3/c1-3-13-5-7-15-18(10-13)23-21-16-8-6-14(11-19(16)24-20(15)21)17-9-4-12(2)22-17/h4-11H,3H2,1-2H3. The van der Waals surface area contributed by atoms with Gasteiger partial charge < -0.3 is 0 Å². The molecule has 3 heteroatoms. The molecule has 5 rings (SSSR count). The minimum atomic E-state index is 1.10. The minimum Gasteiger partial charge on any atom is -0.141 e. The molecule has 0 radical (unpaired) electrons. The van der Waals surface area contributed by atoms with E-state index in [1.165, 1.54) is 50.5 Å². The smallest absolute Gasteiger partial charge is 0.0542 e. The first kappa shape index (κ1) is 14.6. The Bertz CT molecular complexity index is 1200. The molecule has 0 fully saturated rings. The van der Waals surface area contributed by atoms with Gasteiger partial charge in [0.2, 0.25) is 0 Å². The summed E-state index contributed by atoms with van der Waals surface area (Å²) in [7, 11) is 0. The fraction of sp³-hybridized carbons (Fsp3) is 0.143. The quantitative estimate of drug-likeness (QED) is 0.299. The molecule has 5 aromatic rings. The maximum absolute atomic E-state index is 2.37. The summed E-state index contributed by atoms with van der Waals surface area (Å²) in [6, 6.07) is 18.3. The van der Waals surface area contributed by atoms with Crippen LogP contribution in [0.4, 0.5) is 0 Å². The molecular formula is C21H16S3. The van der Waals surface area contributed by atoms with Gasteiger partial charge in [-0.25, -0.2) is 0 Å². The summed E-state index contributed by atoms with van der Waals surface area (Å²) in [4.78, 5) is 2.73. The van der Waals surface area contributed by atoms with E-state index < -0.39 is 0 Å². The normalized spacial score (nSPS) is 11.9. The lowest BCUT2D eigenvalue weighted by atomic mass is 10.1. The summed E-state index contributed by atoms with van der Waals surface area (Å²) in [6.45, 7) is 4.39. The zero-order valence-corrected chi connectivity index (χ0v) is 16.0. The lowest BCUT2D eigenvalue weighted by Crippen LogP contribution is -1.76. The van der Waals surface area contributed by atoms with Crippen molar-refractivity contribution in [3.8, 4) is 10.4 Å². The van der Waals surface area contributed by atoms with Crippen molar-refractivity contribution in [2.45, 2.75) is 20.3 Å². The summed E-state index contributed by atoms with van der Waals surface area (Å²) < 4.78 is 5.73. The largest absolute Gasteiger partial charge is 0.141 e. The van der Waals surface area contributed by atoms with Crippen LogP contribution in [0.25, 0.3) is 40.0 Å². The molecule has 0 bridgehead atoms. The number of benzene rings is 2. The Hall–Kier alpha value is -1.68. The summed E-state index contributed by atoms with van der Waals surface area (Å²) in [6.07, 6.45) is 1.10. The number of hydrogen-bond donors (Lipinski definition) is 0.